The van der Waals surface area contributed by atoms with Crippen molar-refractivity contribution >= 4 is 22.5 Å². The largest absolute Gasteiger partial charge is 0.478 e. The van der Waals surface area contributed by atoms with Crippen molar-refractivity contribution in [2.24, 2.45) is 0 Å². The molecule has 2 saturated heterocycles. The Kier molecular flexibility index (Phi) is 7.07. The molecular weight excluding hydrogens is 554 g/mol. The molecule has 5 aromatic rings. The summed E-state index contributed by atoms with van der Waals surface area (Å²) >= 11 is 0. The number of fused-ring (bicyclic) bond motifs is 2. The van der Waals surface area contributed by atoms with Gasteiger partial charge in [0, 0.05) is 47.8 Å². The highest BCUT2D eigenvalue weighted by Gasteiger charge is 2.27. The maximum atomic E-state index is 11.6. The van der Waals surface area contributed by atoms with Crippen LogP contribution in [0.2, 0.25) is 0 Å². The number of carboxylic acids is 1. The molecule has 1 saturated carbocycles. The van der Waals surface area contributed by atoms with Crippen LogP contribution in [0, 0.1) is 0 Å². The summed E-state index contributed by atoms with van der Waals surface area (Å²) in [6, 6.07) is 17.9. The van der Waals surface area contributed by atoms with E-state index in [0.29, 0.717) is 24.9 Å². The summed E-state index contributed by atoms with van der Waals surface area (Å²) in [5, 5.41) is 9.54. The molecule has 0 radical (unpaired) electrons. The van der Waals surface area contributed by atoms with Gasteiger partial charge in [-0.2, -0.15) is 0 Å². The smallest absolute Gasteiger partial charge is 0.335 e. The SMILES string of the molecule is O=C(O)c1ccc2nc(CN3CCC(c4cccc(OCc5ccc6cc(C7CC7)cn6c5)n4)CC3)n(C[C@@H]3CCO3)c2c1. The van der Waals surface area contributed by atoms with Crippen LogP contribution in [0.25, 0.3) is 16.6 Å². The van der Waals surface area contributed by atoms with E-state index in [-0.39, 0.29) is 11.7 Å². The van der Waals surface area contributed by atoms with Crippen LogP contribution in [0.1, 0.15) is 76.9 Å². The molecule has 8 rings (SSSR count). The second-order valence-corrected chi connectivity index (χ2v) is 12.6. The van der Waals surface area contributed by atoms with Crippen LogP contribution in [0.5, 0.6) is 5.88 Å². The van der Waals surface area contributed by atoms with Gasteiger partial charge in [-0.05, 0) is 93.1 Å². The van der Waals surface area contributed by atoms with Gasteiger partial charge in [-0.3, -0.25) is 4.90 Å². The van der Waals surface area contributed by atoms with E-state index in [0.717, 1.165) is 79.5 Å². The number of likely N-dealkylation sites (tertiary alicyclic amines) is 1. The standard InChI is InChI=1S/C35H37N5O4/c41-35(42)26-7-9-31-32(17-26)40(20-29-12-15-43-29)33(36-31)21-38-13-10-25(11-14-38)30-2-1-3-34(37-30)44-22-23-4-8-28-16-27(24-5-6-24)19-39(28)18-23/h1-4,7-9,16-19,24-25,29H,5-6,10-15,20-22H2,(H,41,42)/t29-/m0/s1. The number of imidazole rings is 1. The summed E-state index contributed by atoms with van der Waals surface area (Å²) in [7, 11) is 0. The quantitative estimate of drug-likeness (QED) is 0.213. The molecule has 4 aromatic heterocycles. The zero-order valence-corrected chi connectivity index (χ0v) is 24.8. The number of nitrogens with zero attached hydrogens (tertiary/aromatic N) is 5. The molecule has 44 heavy (non-hydrogen) atoms. The molecule has 0 amide bonds. The van der Waals surface area contributed by atoms with E-state index < -0.39 is 5.97 Å². The summed E-state index contributed by atoms with van der Waals surface area (Å²) in [5.74, 6) is 1.84. The van der Waals surface area contributed by atoms with Crippen molar-refractivity contribution in [3.63, 3.8) is 0 Å². The van der Waals surface area contributed by atoms with Gasteiger partial charge in [0.1, 0.15) is 12.4 Å². The number of rotatable bonds is 10. The fraction of sp³-hybridized carbons (Fsp3) is 0.400. The molecule has 2 aliphatic heterocycles. The number of carboxylic acid groups (broad SMARTS) is 1. The van der Waals surface area contributed by atoms with Gasteiger partial charge in [0.15, 0.2) is 0 Å². The first-order chi connectivity index (χ1) is 21.6. The Hall–Kier alpha value is -4.21. The summed E-state index contributed by atoms with van der Waals surface area (Å²) in [4.78, 5) is 23.9. The molecule has 9 heteroatoms. The molecule has 1 aliphatic carbocycles. The first-order valence-corrected chi connectivity index (χ1v) is 15.8. The molecular formula is C35H37N5O4. The number of carbonyl (C=O) groups is 1. The number of hydrogen-bond acceptors (Lipinski definition) is 6. The summed E-state index contributed by atoms with van der Waals surface area (Å²) < 4.78 is 16.3. The predicted octanol–water partition coefficient (Wildman–Crippen LogP) is 6.01. The third-order valence-corrected chi connectivity index (χ3v) is 9.48. The average molecular weight is 592 g/mol. The van der Waals surface area contributed by atoms with Crippen LogP contribution in [-0.4, -0.2) is 60.7 Å². The third kappa shape index (κ3) is 5.57. The molecule has 9 nitrogen and oxygen atoms in total. The van der Waals surface area contributed by atoms with Crippen molar-refractivity contribution in [3.05, 3.63) is 95.2 Å². The van der Waals surface area contributed by atoms with E-state index in [1.807, 2.05) is 12.1 Å². The lowest BCUT2D eigenvalue weighted by atomic mass is 9.93. The topological polar surface area (TPSA) is 94.1 Å². The second-order valence-electron chi connectivity index (χ2n) is 12.6. The number of pyridine rings is 2. The third-order valence-electron chi connectivity index (χ3n) is 9.48. The maximum absolute atomic E-state index is 11.6. The van der Waals surface area contributed by atoms with Crippen LogP contribution in [0.15, 0.2) is 67.0 Å². The Labute approximate surface area is 256 Å². The Morgan fingerprint density at radius 3 is 2.59 bits per heavy atom. The van der Waals surface area contributed by atoms with Crippen LogP contribution < -0.4 is 4.74 Å². The van der Waals surface area contributed by atoms with E-state index in [1.54, 1.807) is 12.1 Å². The minimum Gasteiger partial charge on any atom is -0.478 e. The Morgan fingerprint density at radius 1 is 0.955 bits per heavy atom. The van der Waals surface area contributed by atoms with Crippen LogP contribution in [-0.2, 0) is 24.4 Å². The average Bonchev–Trinajstić information content (AvgIpc) is 3.70. The van der Waals surface area contributed by atoms with Gasteiger partial charge in [-0.1, -0.05) is 12.1 Å². The van der Waals surface area contributed by atoms with Gasteiger partial charge in [-0.25, -0.2) is 14.8 Å². The minimum absolute atomic E-state index is 0.155. The van der Waals surface area contributed by atoms with Gasteiger partial charge in [0.05, 0.1) is 35.8 Å². The number of hydrogen-bond donors (Lipinski definition) is 1. The number of aromatic carboxylic acids is 1. The fourth-order valence-corrected chi connectivity index (χ4v) is 6.65. The number of ether oxygens (including phenoxy) is 2. The molecule has 6 heterocycles. The van der Waals surface area contributed by atoms with E-state index in [9.17, 15) is 9.90 Å². The van der Waals surface area contributed by atoms with Crippen molar-refractivity contribution in [2.75, 3.05) is 19.7 Å². The van der Waals surface area contributed by atoms with Gasteiger partial charge in [0.25, 0.3) is 0 Å². The lowest BCUT2D eigenvalue weighted by Crippen LogP contribution is -2.35. The highest BCUT2D eigenvalue weighted by atomic mass is 16.5. The number of aromatic nitrogens is 4. The lowest BCUT2D eigenvalue weighted by molar-refractivity contribution is -0.0592. The minimum atomic E-state index is -0.924. The molecule has 3 fully saturated rings. The highest BCUT2D eigenvalue weighted by Crippen LogP contribution is 2.40. The van der Waals surface area contributed by atoms with Gasteiger partial charge >= 0.3 is 5.97 Å². The summed E-state index contributed by atoms with van der Waals surface area (Å²) in [5.41, 5.74) is 6.87. The molecule has 1 N–H and O–H groups in total. The molecule has 0 bridgehead atoms. The summed E-state index contributed by atoms with van der Waals surface area (Å²) in [6.07, 6.45) is 10.2. The van der Waals surface area contributed by atoms with E-state index in [4.69, 9.17) is 19.4 Å². The van der Waals surface area contributed by atoms with Crippen molar-refractivity contribution in [1.29, 1.82) is 0 Å². The zero-order valence-electron chi connectivity index (χ0n) is 24.8. The first kappa shape index (κ1) is 27.3. The van der Waals surface area contributed by atoms with Gasteiger partial charge in [0.2, 0.25) is 5.88 Å². The molecule has 1 aromatic carbocycles. The molecule has 0 spiro atoms. The maximum Gasteiger partial charge on any atom is 0.335 e. The second kappa shape index (κ2) is 11.4. The van der Waals surface area contributed by atoms with E-state index in [2.05, 4.69) is 56.6 Å². The highest BCUT2D eigenvalue weighted by molar-refractivity contribution is 5.92. The molecule has 1 atom stereocenters. The fourth-order valence-electron chi connectivity index (χ4n) is 6.65. The Bertz CT molecular complexity index is 1830. The van der Waals surface area contributed by atoms with Crippen LogP contribution >= 0.6 is 0 Å². The van der Waals surface area contributed by atoms with Gasteiger partial charge in [-0.15, -0.1) is 0 Å². The monoisotopic (exact) mass is 591 g/mol. The van der Waals surface area contributed by atoms with E-state index >= 15 is 0 Å². The zero-order chi connectivity index (χ0) is 29.6. The number of benzene rings is 1. The molecule has 0 unspecified atom stereocenters. The normalized spacial score (nSPS) is 19.4. The van der Waals surface area contributed by atoms with Crippen molar-refractivity contribution in [3.8, 4) is 5.88 Å². The van der Waals surface area contributed by atoms with Crippen LogP contribution in [0.4, 0.5) is 0 Å². The number of piperidine rings is 1. The van der Waals surface area contributed by atoms with Crippen LogP contribution in [0.3, 0.4) is 0 Å². The van der Waals surface area contributed by atoms with Crippen molar-refractivity contribution in [2.45, 2.75) is 69.7 Å². The molecule has 226 valence electrons. The first-order valence-electron chi connectivity index (χ1n) is 15.8. The lowest BCUT2D eigenvalue weighted by Gasteiger charge is -2.32. The van der Waals surface area contributed by atoms with E-state index in [1.165, 1.54) is 23.9 Å². The Balaban J connectivity index is 0.909. The Morgan fingerprint density at radius 2 is 1.82 bits per heavy atom. The summed E-state index contributed by atoms with van der Waals surface area (Å²) in [6.45, 7) is 4.58. The van der Waals surface area contributed by atoms with Gasteiger partial charge < -0.3 is 23.5 Å². The molecule has 3 aliphatic rings. The van der Waals surface area contributed by atoms with Crippen molar-refractivity contribution in [1.82, 2.24) is 23.8 Å². The predicted molar refractivity (Wildman–Crippen MR) is 166 cm³/mol. The van der Waals surface area contributed by atoms with Crippen molar-refractivity contribution < 1.29 is 19.4 Å².